The zero-order valence-electron chi connectivity index (χ0n) is 11.0. The molecule has 1 aliphatic rings. The molecule has 1 aliphatic heterocycles. The Balaban J connectivity index is 2.26. The van der Waals surface area contributed by atoms with E-state index in [1.807, 2.05) is 18.2 Å². The predicted molar refractivity (Wildman–Crippen MR) is 72.6 cm³/mol. The molecule has 1 aromatic rings. The fourth-order valence-electron chi connectivity index (χ4n) is 2.55. The van der Waals surface area contributed by atoms with E-state index in [1.54, 1.807) is 7.11 Å². The minimum absolute atomic E-state index is 0.369. The van der Waals surface area contributed by atoms with E-state index < -0.39 is 0 Å². The predicted octanol–water partition coefficient (Wildman–Crippen LogP) is 2.90. The number of hydrogen-bond donors (Lipinski definition) is 1. The smallest absolute Gasteiger partial charge is 0.121 e. The number of piperidine rings is 1. The summed E-state index contributed by atoms with van der Waals surface area (Å²) < 4.78 is 5.27. The zero-order valence-corrected chi connectivity index (χ0v) is 11.0. The van der Waals surface area contributed by atoms with Crippen LogP contribution in [-0.2, 0) is 0 Å². The Morgan fingerprint density at radius 2 is 2.12 bits per heavy atom. The number of nitrogens with zero attached hydrogens (tertiary/aromatic N) is 1. The van der Waals surface area contributed by atoms with Crippen molar-refractivity contribution < 1.29 is 4.74 Å². The van der Waals surface area contributed by atoms with Gasteiger partial charge in [-0.3, -0.25) is 0 Å². The van der Waals surface area contributed by atoms with Gasteiger partial charge in [-0.05, 0) is 30.4 Å². The molecule has 0 atom stereocenters. The van der Waals surface area contributed by atoms with Crippen LogP contribution in [0.4, 0.5) is 11.4 Å². The summed E-state index contributed by atoms with van der Waals surface area (Å²) in [7, 11) is 1.69. The lowest BCUT2D eigenvalue weighted by atomic mass is 9.84. The van der Waals surface area contributed by atoms with Crippen molar-refractivity contribution in [3.8, 4) is 5.75 Å². The summed E-state index contributed by atoms with van der Waals surface area (Å²) in [4.78, 5) is 2.38. The number of ether oxygens (including phenoxy) is 1. The van der Waals surface area contributed by atoms with Gasteiger partial charge in [0, 0.05) is 19.2 Å². The molecule has 1 heterocycles. The minimum Gasteiger partial charge on any atom is -0.497 e. The van der Waals surface area contributed by atoms with E-state index in [1.165, 1.54) is 12.8 Å². The Morgan fingerprint density at radius 1 is 1.35 bits per heavy atom. The first-order valence-electron chi connectivity index (χ1n) is 6.20. The second-order valence-electron chi connectivity index (χ2n) is 5.61. The standard InChI is InChI=1S/C14H22N2O/c1-14(2)7-4-8-16(10-14)13-9-11(17-3)5-6-12(13)15/h5-6,9H,4,7-8,10,15H2,1-3H3. The van der Waals surface area contributed by atoms with Crippen LogP contribution in [0.3, 0.4) is 0 Å². The first kappa shape index (κ1) is 12.1. The van der Waals surface area contributed by atoms with Crippen molar-refractivity contribution in [2.75, 3.05) is 30.8 Å². The highest BCUT2D eigenvalue weighted by Crippen LogP contribution is 2.35. The van der Waals surface area contributed by atoms with Crippen molar-refractivity contribution in [3.63, 3.8) is 0 Å². The SMILES string of the molecule is COc1ccc(N)c(N2CCCC(C)(C)C2)c1. The maximum atomic E-state index is 6.07. The van der Waals surface area contributed by atoms with Crippen LogP contribution >= 0.6 is 0 Å². The maximum Gasteiger partial charge on any atom is 0.121 e. The fourth-order valence-corrected chi connectivity index (χ4v) is 2.55. The molecule has 0 saturated carbocycles. The molecular weight excluding hydrogens is 212 g/mol. The van der Waals surface area contributed by atoms with E-state index in [2.05, 4.69) is 18.7 Å². The van der Waals surface area contributed by atoms with E-state index >= 15 is 0 Å². The van der Waals surface area contributed by atoms with E-state index in [0.717, 1.165) is 30.2 Å². The molecule has 3 nitrogen and oxygen atoms in total. The first-order chi connectivity index (χ1) is 8.02. The topological polar surface area (TPSA) is 38.5 Å². The zero-order chi connectivity index (χ0) is 12.5. The van der Waals surface area contributed by atoms with Gasteiger partial charge in [0.15, 0.2) is 0 Å². The number of anilines is 2. The van der Waals surface area contributed by atoms with E-state index in [4.69, 9.17) is 10.5 Å². The second-order valence-corrected chi connectivity index (χ2v) is 5.61. The summed E-state index contributed by atoms with van der Waals surface area (Å²) in [5, 5.41) is 0. The van der Waals surface area contributed by atoms with E-state index in [0.29, 0.717) is 5.41 Å². The Kier molecular flexibility index (Phi) is 3.18. The average Bonchev–Trinajstić information content (AvgIpc) is 2.28. The van der Waals surface area contributed by atoms with Gasteiger partial charge in [0.1, 0.15) is 5.75 Å². The molecule has 0 aromatic heterocycles. The number of nitrogen functional groups attached to an aromatic ring is 1. The number of nitrogens with two attached hydrogens (primary N) is 1. The van der Waals surface area contributed by atoms with Gasteiger partial charge in [-0.2, -0.15) is 0 Å². The van der Waals surface area contributed by atoms with Crippen LogP contribution in [0.5, 0.6) is 5.75 Å². The van der Waals surface area contributed by atoms with Crippen molar-refractivity contribution in [3.05, 3.63) is 18.2 Å². The number of hydrogen-bond acceptors (Lipinski definition) is 3. The molecule has 0 radical (unpaired) electrons. The Bertz CT molecular complexity index is 401. The molecule has 1 fully saturated rings. The lowest BCUT2D eigenvalue weighted by molar-refractivity contribution is 0.293. The van der Waals surface area contributed by atoms with Crippen LogP contribution in [0.1, 0.15) is 26.7 Å². The highest BCUT2D eigenvalue weighted by molar-refractivity contribution is 5.69. The van der Waals surface area contributed by atoms with Gasteiger partial charge in [-0.1, -0.05) is 13.8 Å². The number of benzene rings is 1. The summed E-state index contributed by atoms with van der Waals surface area (Å²) >= 11 is 0. The van der Waals surface area contributed by atoms with Crippen LogP contribution in [0, 0.1) is 5.41 Å². The van der Waals surface area contributed by atoms with Gasteiger partial charge >= 0.3 is 0 Å². The van der Waals surface area contributed by atoms with Crippen LogP contribution in [0.25, 0.3) is 0 Å². The Hall–Kier alpha value is -1.38. The Labute approximate surface area is 104 Å². The van der Waals surface area contributed by atoms with Gasteiger partial charge in [-0.25, -0.2) is 0 Å². The fraction of sp³-hybridized carbons (Fsp3) is 0.571. The van der Waals surface area contributed by atoms with Gasteiger partial charge in [0.25, 0.3) is 0 Å². The minimum atomic E-state index is 0.369. The highest BCUT2D eigenvalue weighted by atomic mass is 16.5. The molecular formula is C14H22N2O. The van der Waals surface area contributed by atoms with E-state index in [9.17, 15) is 0 Å². The molecule has 2 N–H and O–H groups in total. The summed E-state index contributed by atoms with van der Waals surface area (Å²) in [5.41, 5.74) is 8.38. The first-order valence-corrected chi connectivity index (χ1v) is 6.20. The quantitative estimate of drug-likeness (QED) is 0.800. The highest BCUT2D eigenvalue weighted by Gasteiger charge is 2.27. The second kappa shape index (κ2) is 4.47. The van der Waals surface area contributed by atoms with E-state index in [-0.39, 0.29) is 0 Å². The van der Waals surface area contributed by atoms with Crippen LogP contribution in [0.15, 0.2) is 18.2 Å². The molecule has 1 saturated heterocycles. The van der Waals surface area contributed by atoms with Crippen molar-refractivity contribution in [2.45, 2.75) is 26.7 Å². The third-order valence-corrected chi connectivity index (χ3v) is 3.48. The molecule has 17 heavy (non-hydrogen) atoms. The molecule has 3 heteroatoms. The number of methoxy groups -OCH3 is 1. The molecule has 1 aromatic carbocycles. The van der Waals surface area contributed by atoms with Gasteiger partial charge in [0.05, 0.1) is 18.5 Å². The maximum absolute atomic E-state index is 6.07. The largest absolute Gasteiger partial charge is 0.497 e. The van der Waals surface area contributed by atoms with Gasteiger partial charge in [0.2, 0.25) is 0 Å². The van der Waals surface area contributed by atoms with Crippen molar-refractivity contribution in [1.29, 1.82) is 0 Å². The molecule has 0 aliphatic carbocycles. The third-order valence-electron chi connectivity index (χ3n) is 3.48. The van der Waals surface area contributed by atoms with Crippen LogP contribution < -0.4 is 15.4 Å². The number of rotatable bonds is 2. The molecule has 0 spiro atoms. The van der Waals surface area contributed by atoms with Crippen LogP contribution in [0.2, 0.25) is 0 Å². The van der Waals surface area contributed by atoms with Gasteiger partial charge in [-0.15, -0.1) is 0 Å². The summed E-state index contributed by atoms with van der Waals surface area (Å²) in [6.45, 7) is 6.77. The molecule has 0 amide bonds. The lowest BCUT2D eigenvalue weighted by Gasteiger charge is -2.40. The molecule has 0 unspecified atom stereocenters. The summed E-state index contributed by atoms with van der Waals surface area (Å²) in [5.74, 6) is 0.873. The third kappa shape index (κ3) is 2.65. The Morgan fingerprint density at radius 3 is 2.76 bits per heavy atom. The summed E-state index contributed by atoms with van der Waals surface area (Å²) in [6.07, 6.45) is 2.51. The molecule has 2 rings (SSSR count). The molecule has 94 valence electrons. The van der Waals surface area contributed by atoms with Crippen molar-refractivity contribution in [1.82, 2.24) is 0 Å². The monoisotopic (exact) mass is 234 g/mol. The van der Waals surface area contributed by atoms with Crippen LogP contribution in [-0.4, -0.2) is 20.2 Å². The lowest BCUT2D eigenvalue weighted by Crippen LogP contribution is -2.40. The summed E-state index contributed by atoms with van der Waals surface area (Å²) in [6, 6.07) is 5.88. The van der Waals surface area contributed by atoms with Gasteiger partial charge < -0.3 is 15.4 Å². The normalized spacial score (nSPS) is 19.1. The molecule has 0 bridgehead atoms. The van der Waals surface area contributed by atoms with Crippen molar-refractivity contribution >= 4 is 11.4 Å². The average molecular weight is 234 g/mol. The van der Waals surface area contributed by atoms with Crippen molar-refractivity contribution in [2.24, 2.45) is 5.41 Å².